The Morgan fingerprint density at radius 3 is 2.06 bits per heavy atom. The first-order valence-electron chi connectivity index (χ1n) is 9.49. The number of rotatable bonds is 5. The molecular formula is C23H21NO7. The van der Waals surface area contributed by atoms with Crippen LogP contribution in [0.2, 0.25) is 0 Å². The minimum absolute atomic E-state index is 0.0502. The van der Waals surface area contributed by atoms with E-state index in [1.807, 2.05) is 12.1 Å². The second kappa shape index (κ2) is 7.46. The van der Waals surface area contributed by atoms with E-state index in [0.717, 1.165) is 0 Å². The lowest BCUT2D eigenvalue weighted by atomic mass is 9.76. The lowest BCUT2D eigenvalue weighted by molar-refractivity contribution is -0.149. The van der Waals surface area contributed by atoms with Gasteiger partial charge in [0.15, 0.2) is 5.54 Å². The quantitative estimate of drug-likeness (QED) is 0.534. The zero-order chi connectivity index (χ0) is 22.3. The first-order valence-corrected chi connectivity index (χ1v) is 9.49. The SMILES string of the molecule is COC(=O)C1=C(C(=O)OC)[C@@]2(C(=O)OC)c3ccccc3[C@@H]1N2c1ccc(OC)cc1. The van der Waals surface area contributed by atoms with E-state index in [2.05, 4.69) is 0 Å². The molecule has 0 saturated heterocycles. The van der Waals surface area contributed by atoms with Gasteiger partial charge in [-0.15, -0.1) is 0 Å². The molecule has 8 nitrogen and oxygen atoms in total. The van der Waals surface area contributed by atoms with Crippen LogP contribution in [0.4, 0.5) is 5.69 Å². The summed E-state index contributed by atoms with van der Waals surface area (Å²) >= 11 is 0. The van der Waals surface area contributed by atoms with Crippen molar-refractivity contribution < 1.29 is 33.3 Å². The fourth-order valence-corrected chi connectivity index (χ4v) is 4.63. The van der Waals surface area contributed by atoms with Gasteiger partial charge < -0.3 is 23.8 Å². The van der Waals surface area contributed by atoms with Crippen LogP contribution in [-0.4, -0.2) is 46.3 Å². The second-order valence-corrected chi connectivity index (χ2v) is 7.03. The maximum atomic E-state index is 13.5. The number of esters is 3. The number of carbonyl (C=O) groups excluding carboxylic acids is 3. The molecule has 0 spiro atoms. The predicted molar refractivity (Wildman–Crippen MR) is 109 cm³/mol. The van der Waals surface area contributed by atoms with Crippen molar-refractivity contribution in [3.63, 3.8) is 0 Å². The van der Waals surface area contributed by atoms with Crippen molar-refractivity contribution >= 4 is 23.6 Å². The Kier molecular flexibility index (Phi) is 4.93. The number of hydrogen-bond acceptors (Lipinski definition) is 8. The molecule has 2 aliphatic rings. The molecule has 0 radical (unpaired) electrons. The first-order chi connectivity index (χ1) is 15.0. The Labute approximate surface area is 179 Å². The van der Waals surface area contributed by atoms with Gasteiger partial charge in [0.2, 0.25) is 0 Å². The highest BCUT2D eigenvalue weighted by Crippen LogP contribution is 2.62. The molecule has 0 amide bonds. The van der Waals surface area contributed by atoms with Gasteiger partial charge in [-0.3, -0.25) is 0 Å². The van der Waals surface area contributed by atoms with Gasteiger partial charge in [0.25, 0.3) is 0 Å². The molecule has 0 N–H and O–H groups in total. The first kappa shape index (κ1) is 20.5. The van der Waals surface area contributed by atoms with Crippen LogP contribution < -0.4 is 9.64 Å². The molecule has 0 fully saturated rings. The highest BCUT2D eigenvalue weighted by atomic mass is 16.5. The number of methoxy groups -OCH3 is 4. The van der Waals surface area contributed by atoms with Gasteiger partial charge in [-0.1, -0.05) is 24.3 Å². The minimum Gasteiger partial charge on any atom is -0.497 e. The zero-order valence-corrected chi connectivity index (χ0v) is 17.5. The van der Waals surface area contributed by atoms with Crippen LogP contribution in [-0.2, 0) is 34.1 Å². The van der Waals surface area contributed by atoms with E-state index in [0.29, 0.717) is 22.6 Å². The van der Waals surface area contributed by atoms with Gasteiger partial charge in [0, 0.05) is 5.69 Å². The maximum Gasteiger partial charge on any atom is 0.341 e. The van der Waals surface area contributed by atoms with E-state index in [9.17, 15) is 14.4 Å². The van der Waals surface area contributed by atoms with Crippen molar-refractivity contribution in [2.75, 3.05) is 33.3 Å². The van der Waals surface area contributed by atoms with Gasteiger partial charge in [-0.05, 0) is 35.4 Å². The Bertz CT molecular complexity index is 1110. The molecule has 8 heteroatoms. The highest BCUT2D eigenvalue weighted by molar-refractivity contribution is 6.15. The molecule has 160 valence electrons. The summed E-state index contributed by atoms with van der Waals surface area (Å²) in [6.07, 6.45) is 0. The van der Waals surface area contributed by atoms with Crippen LogP contribution in [0.25, 0.3) is 0 Å². The number of ether oxygens (including phenoxy) is 4. The highest BCUT2D eigenvalue weighted by Gasteiger charge is 2.68. The van der Waals surface area contributed by atoms with Crippen LogP contribution in [0.3, 0.4) is 0 Å². The summed E-state index contributed by atoms with van der Waals surface area (Å²) in [4.78, 5) is 41.1. The second-order valence-electron chi connectivity index (χ2n) is 7.03. The number of carbonyl (C=O) groups is 3. The third kappa shape index (κ3) is 2.57. The average molecular weight is 423 g/mol. The molecule has 2 aliphatic heterocycles. The van der Waals surface area contributed by atoms with Gasteiger partial charge in [0.1, 0.15) is 5.75 Å². The molecule has 0 unspecified atom stereocenters. The summed E-state index contributed by atoms with van der Waals surface area (Å²) in [6.45, 7) is 0. The van der Waals surface area contributed by atoms with E-state index in [-0.39, 0.29) is 11.1 Å². The third-order valence-corrected chi connectivity index (χ3v) is 5.80. The van der Waals surface area contributed by atoms with E-state index in [4.69, 9.17) is 18.9 Å². The molecule has 2 atom stereocenters. The van der Waals surface area contributed by atoms with Gasteiger partial charge in [-0.2, -0.15) is 0 Å². The molecule has 0 saturated carbocycles. The molecule has 2 aromatic carbocycles. The molecule has 2 heterocycles. The lowest BCUT2D eigenvalue weighted by Gasteiger charge is -2.36. The van der Waals surface area contributed by atoms with Crippen molar-refractivity contribution in [2.45, 2.75) is 11.6 Å². The van der Waals surface area contributed by atoms with Crippen molar-refractivity contribution in [1.82, 2.24) is 0 Å². The summed E-state index contributed by atoms with van der Waals surface area (Å²) in [5.41, 5.74) is 0.0870. The Morgan fingerprint density at radius 2 is 1.48 bits per heavy atom. The molecule has 0 aromatic heterocycles. The number of benzene rings is 2. The molecule has 31 heavy (non-hydrogen) atoms. The number of fused-ring (bicyclic) bond motifs is 5. The molecule has 2 aromatic rings. The largest absolute Gasteiger partial charge is 0.497 e. The molecule has 2 bridgehead atoms. The lowest BCUT2D eigenvalue weighted by Crippen LogP contribution is -2.49. The summed E-state index contributed by atoms with van der Waals surface area (Å²) in [5, 5.41) is 0. The van der Waals surface area contributed by atoms with Gasteiger partial charge in [0.05, 0.1) is 45.6 Å². The minimum atomic E-state index is -1.71. The van der Waals surface area contributed by atoms with Crippen LogP contribution in [0.15, 0.2) is 59.7 Å². The summed E-state index contributed by atoms with van der Waals surface area (Å²) in [7, 11) is 5.21. The Morgan fingerprint density at radius 1 is 0.839 bits per heavy atom. The van der Waals surface area contributed by atoms with E-state index in [1.165, 1.54) is 21.3 Å². The van der Waals surface area contributed by atoms with Crippen LogP contribution in [0.5, 0.6) is 5.75 Å². The van der Waals surface area contributed by atoms with Crippen LogP contribution in [0, 0.1) is 0 Å². The average Bonchev–Trinajstić information content (AvgIpc) is 3.30. The summed E-state index contributed by atoms with van der Waals surface area (Å²) < 4.78 is 20.4. The molecular weight excluding hydrogens is 402 g/mol. The van der Waals surface area contributed by atoms with E-state index < -0.39 is 29.5 Å². The van der Waals surface area contributed by atoms with Crippen molar-refractivity contribution in [2.24, 2.45) is 0 Å². The van der Waals surface area contributed by atoms with Gasteiger partial charge in [-0.25, -0.2) is 14.4 Å². The fraction of sp³-hybridized carbons (Fsp3) is 0.261. The fourth-order valence-electron chi connectivity index (χ4n) is 4.63. The Balaban J connectivity index is 2.09. The van der Waals surface area contributed by atoms with Crippen LogP contribution >= 0.6 is 0 Å². The van der Waals surface area contributed by atoms with Crippen LogP contribution in [0.1, 0.15) is 17.2 Å². The van der Waals surface area contributed by atoms with Crippen molar-refractivity contribution in [1.29, 1.82) is 0 Å². The third-order valence-electron chi connectivity index (χ3n) is 5.80. The van der Waals surface area contributed by atoms with E-state index in [1.54, 1.807) is 48.4 Å². The van der Waals surface area contributed by atoms with E-state index >= 15 is 0 Å². The molecule has 4 rings (SSSR count). The molecule has 0 aliphatic carbocycles. The number of anilines is 1. The summed E-state index contributed by atoms with van der Waals surface area (Å²) in [6, 6.07) is 13.4. The topological polar surface area (TPSA) is 91.4 Å². The number of hydrogen-bond donors (Lipinski definition) is 0. The zero-order valence-electron chi connectivity index (χ0n) is 17.5. The standard InChI is InChI=1S/C23H21NO7/c1-28-14-11-9-13(10-12-14)24-19-15-7-5-6-8-16(15)23(24,22(27)31-4)18(21(26)30-3)17(19)20(25)29-2/h5-12,19H,1-4H3/t19-,23+/m0/s1. The smallest absolute Gasteiger partial charge is 0.341 e. The monoisotopic (exact) mass is 423 g/mol. The summed E-state index contributed by atoms with van der Waals surface area (Å²) in [5.74, 6) is -1.61. The number of nitrogens with zero attached hydrogens (tertiary/aromatic N) is 1. The van der Waals surface area contributed by atoms with Gasteiger partial charge >= 0.3 is 17.9 Å². The Hall–Kier alpha value is -3.81. The van der Waals surface area contributed by atoms with Crippen molar-refractivity contribution in [3.8, 4) is 5.75 Å². The van der Waals surface area contributed by atoms with Crippen molar-refractivity contribution in [3.05, 3.63) is 70.8 Å². The normalized spacial score (nSPS) is 20.9. The predicted octanol–water partition coefficient (Wildman–Crippen LogP) is 2.28. The maximum absolute atomic E-state index is 13.5.